The number of nitrogens with zero attached hydrogens (tertiary/aromatic N) is 3. The predicted octanol–water partition coefficient (Wildman–Crippen LogP) is 1.74. The second-order valence-electron chi connectivity index (χ2n) is 7.43. The van der Waals surface area contributed by atoms with Crippen LogP contribution in [-0.2, 0) is 0 Å². The van der Waals surface area contributed by atoms with E-state index >= 15 is 0 Å². The van der Waals surface area contributed by atoms with Crippen molar-refractivity contribution in [3.8, 4) is 0 Å². The van der Waals surface area contributed by atoms with Crippen LogP contribution in [0.15, 0.2) is 4.99 Å². The van der Waals surface area contributed by atoms with Crippen molar-refractivity contribution in [3.63, 3.8) is 0 Å². The second kappa shape index (κ2) is 9.42. The predicted molar refractivity (Wildman–Crippen MR) is 108 cm³/mol. The topological polar surface area (TPSA) is 42.9 Å². The Bertz CT molecular complexity index is 383. The van der Waals surface area contributed by atoms with Crippen molar-refractivity contribution >= 4 is 29.9 Å². The molecule has 0 bridgehead atoms. The van der Waals surface area contributed by atoms with Gasteiger partial charge in [0.15, 0.2) is 5.96 Å². The van der Waals surface area contributed by atoms with E-state index in [4.69, 9.17) is 0 Å². The molecule has 0 spiro atoms. The number of hydrogen-bond donors (Lipinski definition) is 2. The molecule has 2 saturated heterocycles. The highest BCUT2D eigenvalue weighted by Gasteiger charge is 2.30. The lowest BCUT2D eigenvalue weighted by Gasteiger charge is -2.24. The molecular formula is C17H34IN5. The molecule has 134 valence electrons. The summed E-state index contributed by atoms with van der Waals surface area (Å²) in [7, 11) is 4.10. The maximum absolute atomic E-state index is 4.42. The first-order valence-corrected chi connectivity index (χ1v) is 9.14. The van der Waals surface area contributed by atoms with Gasteiger partial charge in [-0.15, -0.1) is 24.0 Å². The summed E-state index contributed by atoms with van der Waals surface area (Å²) in [6.45, 7) is 5.94. The van der Waals surface area contributed by atoms with Crippen molar-refractivity contribution in [2.75, 3.05) is 46.8 Å². The molecule has 2 atom stereocenters. The molecule has 2 N–H and O–H groups in total. The van der Waals surface area contributed by atoms with Crippen LogP contribution in [0.5, 0.6) is 0 Å². The SMILES string of the molecule is CN=C(NCC1CCN(C)C1)NC1CCN(C2CCCC2)C1.I. The van der Waals surface area contributed by atoms with E-state index in [2.05, 4.69) is 32.5 Å². The molecule has 0 aromatic rings. The zero-order valence-electron chi connectivity index (χ0n) is 14.8. The van der Waals surface area contributed by atoms with Crippen molar-refractivity contribution in [2.45, 2.75) is 50.6 Å². The summed E-state index contributed by atoms with van der Waals surface area (Å²) in [4.78, 5) is 9.53. The van der Waals surface area contributed by atoms with Crippen molar-refractivity contribution in [2.24, 2.45) is 10.9 Å². The van der Waals surface area contributed by atoms with E-state index in [-0.39, 0.29) is 24.0 Å². The van der Waals surface area contributed by atoms with Crippen LogP contribution in [0.4, 0.5) is 0 Å². The highest BCUT2D eigenvalue weighted by atomic mass is 127. The maximum atomic E-state index is 4.42. The molecule has 0 aromatic carbocycles. The van der Waals surface area contributed by atoms with Gasteiger partial charge in [-0.2, -0.15) is 0 Å². The van der Waals surface area contributed by atoms with E-state index in [9.17, 15) is 0 Å². The van der Waals surface area contributed by atoms with Crippen LogP contribution >= 0.6 is 24.0 Å². The third kappa shape index (κ3) is 5.46. The minimum absolute atomic E-state index is 0. The molecule has 5 nitrogen and oxygen atoms in total. The Balaban J connectivity index is 0.00000192. The van der Waals surface area contributed by atoms with Gasteiger partial charge in [0.1, 0.15) is 0 Å². The van der Waals surface area contributed by atoms with Gasteiger partial charge in [-0.1, -0.05) is 12.8 Å². The lowest BCUT2D eigenvalue weighted by atomic mass is 10.1. The van der Waals surface area contributed by atoms with Crippen LogP contribution in [-0.4, -0.2) is 74.7 Å². The average Bonchev–Trinajstić information content (AvgIpc) is 3.24. The lowest BCUT2D eigenvalue weighted by molar-refractivity contribution is 0.242. The van der Waals surface area contributed by atoms with Crippen molar-refractivity contribution in [3.05, 3.63) is 0 Å². The van der Waals surface area contributed by atoms with Gasteiger partial charge in [-0.3, -0.25) is 9.89 Å². The number of hydrogen-bond acceptors (Lipinski definition) is 3. The van der Waals surface area contributed by atoms with E-state index in [0.29, 0.717) is 6.04 Å². The maximum Gasteiger partial charge on any atom is 0.191 e. The Morgan fingerprint density at radius 3 is 2.52 bits per heavy atom. The molecule has 3 aliphatic rings. The fourth-order valence-corrected chi connectivity index (χ4v) is 4.33. The standard InChI is InChI=1S/C17H33N5.HI/c1-18-17(19-11-14-7-9-21(2)12-14)20-15-8-10-22(13-15)16-5-3-4-6-16;/h14-16H,3-13H2,1-2H3,(H2,18,19,20);1H. The van der Waals surface area contributed by atoms with Crippen LogP contribution in [0.25, 0.3) is 0 Å². The van der Waals surface area contributed by atoms with Gasteiger partial charge in [0, 0.05) is 45.3 Å². The Morgan fingerprint density at radius 1 is 1.09 bits per heavy atom. The molecule has 0 aromatic heterocycles. The van der Waals surface area contributed by atoms with Crippen LogP contribution in [0.3, 0.4) is 0 Å². The Morgan fingerprint density at radius 2 is 1.87 bits per heavy atom. The quantitative estimate of drug-likeness (QED) is 0.401. The van der Waals surface area contributed by atoms with Gasteiger partial charge in [0.05, 0.1) is 0 Å². The normalized spacial score (nSPS) is 30.6. The van der Waals surface area contributed by atoms with Gasteiger partial charge in [-0.05, 0) is 45.2 Å². The van der Waals surface area contributed by atoms with Crippen molar-refractivity contribution < 1.29 is 0 Å². The largest absolute Gasteiger partial charge is 0.356 e. The number of guanidine groups is 1. The monoisotopic (exact) mass is 435 g/mol. The first-order valence-electron chi connectivity index (χ1n) is 9.14. The molecule has 3 rings (SSSR count). The summed E-state index contributed by atoms with van der Waals surface area (Å²) < 4.78 is 0. The summed E-state index contributed by atoms with van der Waals surface area (Å²) in [5.74, 6) is 1.76. The Kier molecular flexibility index (Phi) is 7.88. The molecule has 2 heterocycles. The number of nitrogens with one attached hydrogen (secondary N) is 2. The van der Waals surface area contributed by atoms with Gasteiger partial charge in [0.2, 0.25) is 0 Å². The van der Waals surface area contributed by atoms with E-state index in [0.717, 1.165) is 24.5 Å². The first-order chi connectivity index (χ1) is 10.7. The molecule has 3 fully saturated rings. The highest BCUT2D eigenvalue weighted by Crippen LogP contribution is 2.26. The van der Waals surface area contributed by atoms with Gasteiger partial charge < -0.3 is 15.5 Å². The lowest BCUT2D eigenvalue weighted by Crippen LogP contribution is -2.46. The zero-order valence-corrected chi connectivity index (χ0v) is 17.1. The summed E-state index contributed by atoms with van der Waals surface area (Å²) in [6.07, 6.45) is 8.24. The summed E-state index contributed by atoms with van der Waals surface area (Å²) in [5, 5.41) is 7.17. The van der Waals surface area contributed by atoms with Gasteiger partial charge in [0.25, 0.3) is 0 Å². The summed E-state index contributed by atoms with van der Waals surface area (Å²) in [5.41, 5.74) is 0. The van der Waals surface area contributed by atoms with Crippen molar-refractivity contribution in [1.29, 1.82) is 0 Å². The molecule has 0 radical (unpaired) electrons. The van der Waals surface area contributed by atoms with E-state index < -0.39 is 0 Å². The van der Waals surface area contributed by atoms with E-state index in [1.807, 2.05) is 7.05 Å². The van der Waals surface area contributed by atoms with Gasteiger partial charge >= 0.3 is 0 Å². The van der Waals surface area contributed by atoms with Crippen LogP contribution in [0, 0.1) is 5.92 Å². The zero-order chi connectivity index (χ0) is 15.4. The van der Waals surface area contributed by atoms with Crippen LogP contribution in [0.2, 0.25) is 0 Å². The highest BCUT2D eigenvalue weighted by molar-refractivity contribution is 14.0. The Labute approximate surface area is 158 Å². The average molecular weight is 435 g/mol. The minimum atomic E-state index is 0. The number of likely N-dealkylation sites (tertiary alicyclic amines) is 2. The first kappa shape index (κ1) is 19.2. The number of halogens is 1. The van der Waals surface area contributed by atoms with Crippen LogP contribution in [0.1, 0.15) is 38.5 Å². The molecule has 6 heteroatoms. The van der Waals surface area contributed by atoms with Crippen LogP contribution < -0.4 is 10.6 Å². The molecule has 0 amide bonds. The fourth-order valence-electron chi connectivity index (χ4n) is 4.33. The smallest absolute Gasteiger partial charge is 0.191 e. The molecule has 23 heavy (non-hydrogen) atoms. The summed E-state index contributed by atoms with van der Waals surface area (Å²) >= 11 is 0. The molecule has 2 unspecified atom stereocenters. The van der Waals surface area contributed by atoms with E-state index in [1.165, 1.54) is 64.7 Å². The third-order valence-electron chi connectivity index (χ3n) is 5.67. The molecule has 1 aliphatic carbocycles. The molecular weight excluding hydrogens is 401 g/mol. The van der Waals surface area contributed by atoms with E-state index in [1.54, 1.807) is 0 Å². The second-order valence-corrected chi connectivity index (χ2v) is 7.43. The molecule has 1 saturated carbocycles. The number of rotatable bonds is 4. The third-order valence-corrected chi connectivity index (χ3v) is 5.67. The Hall–Kier alpha value is -0.0800. The van der Waals surface area contributed by atoms with Gasteiger partial charge in [-0.25, -0.2) is 0 Å². The number of aliphatic imine (C=N–C) groups is 1. The van der Waals surface area contributed by atoms with Crippen molar-refractivity contribution in [1.82, 2.24) is 20.4 Å². The minimum Gasteiger partial charge on any atom is -0.356 e. The summed E-state index contributed by atoms with van der Waals surface area (Å²) in [6, 6.07) is 1.42. The molecule has 2 aliphatic heterocycles. The fraction of sp³-hybridized carbons (Fsp3) is 0.941.